The zero-order chi connectivity index (χ0) is 25.8. The van der Waals surface area contributed by atoms with Crippen LogP contribution in [0.25, 0.3) is 0 Å². The van der Waals surface area contributed by atoms with E-state index in [1.54, 1.807) is 48.5 Å². The smallest absolute Gasteiger partial charge is 0.243 e. The molecule has 0 aliphatic carbocycles. The van der Waals surface area contributed by atoms with Gasteiger partial charge in [0.25, 0.3) is 0 Å². The van der Waals surface area contributed by atoms with Crippen LogP contribution in [0.1, 0.15) is 17.5 Å². The molecule has 0 aliphatic rings. The van der Waals surface area contributed by atoms with Crippen LogP contribution in [0.5, 0.6) is 5.75 Å². The predicted octanol–water partition coefficient (Wildman–Crippen LogP) is -0.604. The Morgan fingerprint density at radius 2 is 1.54 bits per heavy atom. The van der Waals surface area contributed by atoms with Crippen LogP contribution in [-0.4, -0.2) is 59.2 Å². The first-order valence-electron chi connectivity index (χ1n) is 11.0. The van der Waals surface area contributed by atoms with Crippen molar-refractivity contribution in [2.24, 2.45) is 11.5 Å². The number of amides is 4. The van der Waals surface area contributed by atoms with Crippen LogP contribution in [0.15, 0.2) is 54.6 Å². The minimum absolute atomic E-state index is 0.00513. The minimum Gasteiger partial charge on any atom is -0.508 e. The third-order valence-corrected chi connectivity index (χ3v) is 5.58. The number of rotatable bonds is 13. The molecule has 3 atom stereocenters. The highest BCUT2D eigenvalue weighted by molar-refractivity contribution is 7.80. The average Bonchev–Trinajstić information content (AvgIpc) is 2.85. The number of primary amides is 1. The number of carbonyl (C=O) groups is 4. The Labute approximate surface area is 209 Å². The topological polar surface area (TPSA) is 177 Å². The molecule has 0 radical (unpaired) electrons. The van der Waals surface area contributed by atoms with E-state index in [1.165, 1.54) is 0 Å². The average molecular weight is 502 g/mol. The van der Waals surface area contributed by atoms with Gasteiger partial charge in [-0.25, -0.2) is 0 Å². The first-order chi connectivity index (χ1) is 16.7. The number of carbonyl (C=O) groups excluding carboxylic acids is 4. The Hall–Kier alpha value is -3.57. The summed E-state index contributed by atoms with van der Waals surface area (Å²) in [5, 5.41) is 16.9. The molecule has 2 aromatic rings. The van der Waals surface area contributed by atoms with Gasteiger partial charge in [-0.3, -0.25) is 19.2 Å². The standard InChI is InChI=1S/C24H31N5O5S/c25-18(11-8-15-6-9-17(30)10-7-15)23(33)27-13-21(31)28-19(12-16-4-2-1-3-5-16)24(34)29-20(14-35)22(26)32/h1-7,9-10,18-20,30,35H,8,11-14,25H2,(H2,26,32)(H,27,33)(H,28,31)(H,29,34)/t18-,19-,20+/m0/s1. The van der Waals surface area contributed by atoms with E-state index in [4.69, 9.17) is 11.5 Å². The summed E-state index contributed by atoms with van der Waals surface area (Å²) >= 11 is 4.01. The first-order valence-corrected chi connectivity index (χ1v) is 11.7. The number of benzene rings is 2. The van der Waals surface area contributed by atoms with E-state index in [2.05, 4.69) is 28.6 Å². The van der Waals surface area contributed by atoms with Crippen molar-refractivity contribution < 1.29 is 24.3 Å². The second-order valence-electron chi connectivity index (χ2n) is 7.99. The highest BCUT2D eigenvalue weighted by atomic mass is 32.1. The number of aryl methyl sites for hydroxylation is 1. The van der Waals surface area contributed by atoms with Gasteiger partial charge in [-0.2, -0.15) is 12.6 Å². The summed E-state index contributed by atoms with van der Waals surface area (Å²) in [6, 6.07) is 12.7. The van der Waals surface area contributed by atoms with E-state index >= 15 is 0 Å². The van der Waals surface area contributed by atoms with Crippen molar-refractivity contribution in [3.05, 3.63) is 65.7 Å². The van der Waals surface area contributed by atoms with Crippen LogP contribution >= 0.6 is 12.6 Å². The number of phenols is 1. The number of hydrogen-bond acceptors (Lipinski definition) is 7. The first kappa shape index (κ1) is 27.7. The molecule has 0 heterocycles. The van der Waals surface area contributed by atoms with Crippen molar-refractivity contribution in [2.75, 3.05) is 12.3 Å². The third kappa shape index (κ3) is 9.67. The molecule has 2 rings (SSSR count). The maximum atomic E-state index is 12.8. The van der Waals surface area contributed by atoms with Crippen LogP contribution < -0.4 is 27.4 Å². The van der Waals surface area contributed by atoms with Crippen LogP contribution in [-0.2, 0) is 32.0 Å². The number of nitrogens with one attached hydrogen (secondary N) is 3. The molecular weight excluding hydrogens is 470 g/mol. The molecule has 0 fully saturated rings. The summed E-state index contributed by atoms with van der Waals surface area (Å²) in [6.45, 7) is -0.379. The van der Waals surface area contributed by atoms with E-state index in [1.807, 2.05) is 6.07 Å². The van der Waals surface area contributed by atoms with Crippen molar-refractivity contribution >= 4 is 36.3 Å². The van der Waals surface area contributed by atoms with Gasteiger partial charge in [-0.1, -0.05) is 42.5 Å². The van der Waals surface area contributed by atoms with Crippen molar-refractivity contribution in [3.63, 3.8) is 0 Å². The zero-order valence-corrected chi connectivity index (χ0v) is 20.0. The van der Waals surface area contributed by atoms with Crippen molar-refractivity contribution in [1.82, 2.24) is 16.0 Å². The molecule has 0 spiro atoms. The van der Waals surface area contributed by atoms with Gasteiger partial charge in [0.05, 0.1) is 12.6 Å². The lowest BCUT2D eigenvalue weighted by Crippen LogP contribution is -2.55. The number of hydrogen-bond donors (Lipinski definition) is 7. The molecule has 0 saturated carbocycles. The summed E-state index contributed by atoms with van der Waals surface area (Å²) in [6.07, 6.45) is 1.03. The molecule has 11 heteroatoms. The number of aromatic hydroxyl groups is 1. The molecular formula is C24H31N5O5S. The van der Waals surface area contributed by atoms with Crippen molar-refractivity contribution in [1.29, 1.82) is 0 Å². The van der Waals surface area contributed by atoms with Crippen LogP contribution in [0.2, 0.25) is 0 Å². The SMILES string of the molecule is NC(=O)[C@@H](CS)NC(=O)[C@H](Cc1ccccc1)NC(=O)CNC(=O)[C@@H](N)CCc1ccc(O)cc1. The molecule has 0 saturated heterocycles. The zero-order valence-electron chi connectivity index (χ0n) is 19.1. The Balaban J connectivity index is 1.91. The summed E-state index contributed by atoms with van der Waals surface area (Å²) < 4.78 is 0. The van der Waals surface area contributed by atoms with E-state index in [9.17, 15) is 24.3 Å². The molecule has 35 heavy (non-hydrogen) atoms. The van der Waals surface area contributed by atoms with Gasteiger partial charge < -0.3 is 32.5 Å². The Morgan fingerprint density at radius 1 is 0.886 bits per heavy atom. The largest absolute Gasteiger partial charge is 0.508 e. The quantitative estimate of drug-likeness (QED) is 0.180. The molecule has 0 bridgehead atoms. The minimum atomic E-state index is -1.01. The highest BCUT2D eigenvalue weighted by Gasteiger charge is 2.25. The van der Waals surface area contributed by atoms with E-state index < -0.39 is 41.8 Å². The van der Waals surface area contributed by atoms with Crippen LogP contribution in [0.4, 0.5) is 0 Å². The lowest BCUT2D eigenvalue weighted by Gasteiger charge is -2.21. The predicted molar refractivity (Wildman–Crippen MR) is 134 cm³/mol. The number of nitrogens with two attached hydrogens (primary N) is 2. The fraction of sp³-hybridized carbons (Fsp3) is 0.333. The molecule has 8 N–H and O–H groups in total. The molecule has 0 aliphatic heterocycles. The third-order valence-electron chi connectivity index (χ3n) is 5.22. The highest BCUT2D eigenvalue weighted by Crippen LogP contribution is 2.11. The summed E-state index contributed by atoms with van der Waals surface area (Å²) in [5.74, 6) is -2.29. The van der Waals surface area contributed by atoms with Crippen LogP contribution in [0.3, 0.4) is 0 Å². The van der Waals surface area contributed by atoms with Gasteiger partial charge in [0.15, 0.2) is 0 Å². The second-order valence-corrected chi connectivity index (χ2v) is 8.35. The van der Waals surface area contributed by atoms with Gasteiger partial charge in [-0.15, -0.1) is 0 Å². The molecule has 0 aromatic heterocycles. The van der Waals surface area contributed by atoms with Gasteiger partial charge in [-0.05, 0) is 36.1 Å². The number of thiol groups is 1. The Kier molecular flexibility index (Phi) is 11.0. The monoisotopic (exact) mass is 501 g/mol. The van der Waals surface area contributed by atoms with Crippen molar-refractivity contribution in [3.8, 4) is 5.75 Å². The lowest BCUT2D eigenvalue weighted by molar-refractivity contribution is -0.131. The molecule has 188 valence electrons. The van der Waals surface area contributed by atoms with Crippen LogP contribution in [0, 0.1) is 0 Å². The normalized spacial score (nSPS) is 13.2. The van der Waals surface area contributed by atoms with Crippen molar-refractivity contribution in [2.45, 2.75) is 37.4 Å². The second kappa shape index (κ2) is 14.0. The maximum absolute atomic E-state index is 12.8. The summed E-state index contributed by atoms with van der Waals surface area (Å²) in [7, 11) is 0. The fourth-order valence-corrected chi connectivity index (χ4v) is 3.47. The van der Waals surface area contributed by atoms with Gasteiger partial charge in [0, 0.05) is 12.2 Å². The molecule has 0 unspecified atom stereocenters. The van der Waals surface area contributed by atoms with E-state index in [-0.39, 0.29) is 24.5 Å². The van der Waals surface area contributed by atoms with E-state index in [0.29, 0.717) is 12.8 Å². The molecule has 10 nitrogen and oxygen atoms in total. The van der Waals surface area contributed by atoms with Gasteiger partial charge in [0.1, 0.15) is 17.8 Å². The van der Waals surface area contributed by atoms with E-state index in [0.717, 1.165) is 11.1 Å². The fourth-order valence-electron chi connectivity index (χ4n) is 3.20. The number of phenolic OH excluding ortho intramolecular Hbond substituents is 1. The van der Waals surface area contributed by atoms with Gasteiger partial charge >= 0.3 is 0 Å². The maximum Gasteiger partial charge on any atom is 0.243 e. The molecule has 2 aromatic carbocycles. The van der Waals surface area contributed by atoms with Gasteiger partial charge in [0.2, 0.25) is 23.6 Å². The lowest BCUT2D eigenvalue weighted by atomic mass is 10.0. The summed E-state index contributed by atoms with van der Waals surface area (Å²) in [4.78, 5) is 49.0. The Bertz CT molecular complexity index is 1000. The summed E-state index contributed by atoms with van der Waals surface area (Å²) in [5.41, 5.74) is 12.9. The molecule has 4 amide bonds. The Morgan fingerprint density at radius 3 is 2.14 bits per heavy atom.